The Bertz CT molecular complexity index is 656. The Kier molecular flexibility index (Phi) is 5.20. The van der Waals surface area contributed by atoms with E-state index in [-0.39, 0.29) is 24.1 Å². The van der Waals surface area contributed by atoms with Crippen LogP contribution in [-0.2, 0) is 9.47 Å². The summed E-state index contributed by atoms with van der Waals surface area (Å²) < 4.78 is 23.9. The molecule has 3 saturated heterocycles. The second kappa shape index (κ2) is 7.29. The summed E-state index contributed by atoms with van der Waals surface area (Å²) >= 11 is 0. The van der Waals surface area contributed by atoms with E-state index in [1.807, 2.05) is 25.7 Å². The zero-order valence-corrected chi connectivity index (χ0v) is 17.9. The molecule has 0 radical (unpaired) electrons. The average molecular weight is 412 g/mol. The highest BCUT2D eigenvalue weighted by Crippen LogP contribution is 2.52. The number of nitrogens with zero attached hydrogens (tertiary/aromatic N) is 3. The standard InChI is InChI=1S/C21H34FN3O4/c1-4-28-17(26)24-9-5-20(15-24)13-16(14-20)23-10-6-21(7-11-23)19(2,3)25(12-8-22)18(27)29-21/h16H,4-15H2,1-3H3. The third-order valence-corrected chi connectivity index (χ3v) is 8.02. The Morgan fingerprint density at radius 3 is 2.52 bits per heavy atom. The number of likely N-dealkylation sites (tertiary alicyclic amines) is 2. The first-order valence-corrected chi connectivity index (χ1v) is 11.0. The van der Waals surface area contributed by atoms with Gasteiger partial charge in [0, 0.05) is 45.1 Å². The fourth-order valence-electron chi connectivity index (χ4n) is 6.08. The van der Waals surface area contributed by atoms with Crippen LogP contribution in [0.25, 0.3) is 0 Å². The molecule has 0 atom stereocenters. The van der Waals surface area contributed by atoms with Crippen LogP contribution in [0.5, 0.6) is 0 Å². The van der Waals surface area contributed by atoms with Gasteiger partial charge in [-0.1, -0.05) is 0 Å². The van der Waals surface area contributed by atoms with Crippen LogP contribution in [-0.4, -0.2) is 90.1 Å². The normalized spacial score (nSPS) is 33.2. The van der Waals surface area contributed by atoms with Crippen LogP contribution in [0.1, 0.15) is 52.9 Å². The fourth-order valence-corrected chi connectivity index (χ4v) is 6.08. The molecule has 4 aliphatic rings. The minimum absolute atomic E-state index is 0.0966. The summed E-state index contributed by atoms with van der Waals surface area (Å²) in [7, 11) is 0. The Morgan fingerprint density at radius 1 is 1.21 bits per heavy atom. The maximum Gasteiger partial charge on any atom is 0.411 e. The van der Waals surface area contributed by atoms with Crippen molar-refractivity contribution < 1.29 is 23.5 Å². The van der Waals surface area contributed by atoms with Gasteiger partial charge in [-0.2, -0.15) is 0 Å². The summed E-state index contributed by atoms with van der Waals surface area (Å²) in [5.74, 6) is 0. The van der Waals surface area contributed by atoms with Crippen molar-refractivity contribution in [1.29, 1.82) is 0 Å². The molecular formula is C21H34FN3O4. The van der Waals surface area contributed by atoms with Crippen LogP contribution in [0.2, 0.25) is 0 Å². The van der Waals surface area contributed by atoms with Crippen LogP contribution in [0.3, 0.4) is 0 Å². The minimum atomic E-state index is -0.548. The highest BCUT2D eigenvalue weighted by Gasteiger charge is 2.61. The number of ether oxygens (including phenoxy) is 2. The van der Waals surface area contributed by atoms with Gasteiger partial charge in [0.1, 0.15) is 12.3 Å². The molecule has 0 aromatic carbocycles. The first kappa shape index (κ1) is 20.7. The average Bonchev–Trinajstić information content (AvgIpc) is 3.17. The lowest BCUT2D eigenvalue weighted by Crippen LogP contribution is -2.62. The van der Waals surface area contributed by atoms with Crippen molar-refractivity contribution in [3.8, 4) is 0 Å². The molecule has 0 N–H and O–H groups in total. The molecule has 0 aromatic rings. The summed E-state index contributed by atoms with van der Waals surface area (Å²) in [6, 6.07) is 0.539. The van der Waals surface area contributed by atoms with E-state index >= 15 is 0 Å². The SMILES string of the molecule is CCOC(=O)N1CCC2(CC(N3CCC4(CC3)OC(=O)N(CCF)C4(C)C)C2)C1. The largest absolute Gasteiger partial charge is 0.450 e. The number of carbonyl (C=O) groups excluding carboxylic acids is 2. The molecule has 1 aliphatic carbocycles. The van der Waals surface area contributed by atoms with Crippen molar-refractivity contribution in [2.24, 2.45) is 5.41 Å². The predicted octanol–water partition coefficient (Wildman–Crippen LogP) is 3.03. The first-order chi connectivity index (χ1) is 13.8. The molecule has 4 fully saturated rings. The van der Waals surface area contributed by atoms with Gasteiger partial charge < -0.3 is 19.3 Å². The van der Waals surface area contributed by atoms with Gasteiger partial charge in [0.15, 0.2) is 0 Å². The van der Waals surface area contributed by atoms with E-state index in [4.69, 9.17) is 9.47 Å². The lowest BCUT2D eigenvalue weighted by Gasteiger charge is -2.54. The molecule has 8 heteroatoms. The zero-order chi connectivity index (χ0) is 20.9. The monoisotopic (exact) mass is 411 g/mol. The van der Waals surface area contributed by atoms with E-state index in [1.165, 1.54) is 0 Å². The first-order valence-electron chi connectivity index (χ1n) is 11.0. The van der Waals surface area contributed by atoms with Crippen molar-refractivity contribution in [3.05, 3.63) is 0 Å². The smallest absolute Gasteiger partial charge is 0.411 e. The summed E-state index contributed by atoms with van der Waals surface area (Å²) in [5, 5.41) is 0. The molecular weight excluding hydrogens is 377 g/mol. The van der Waals surface area contributed by atoms with Crippen molar-refractivity contribution >= 4 is 12.2 Å². The third kappa shape index (κ3) is 3.27. The van der Waals surface area contributed by atoms with E-state index in [2.05, 4.69) is 4.90 Å². The Hall–Kier alpha value is -1.57. The van der Waals surface area contributed by atoms with E-state index in [0.29, 0.717) is 12.6 Å². The van der Waals surface area contributed by atoms with E-state index in [9.17, 15) is 14.0 Å². The van der Waals surface area contributed by atoms with Crippen LogP contribution >= 0.6 is 0 Å². The Labute approximate surface area is 172 Å². The van der Waals surface area contributed by atoms with E-state index < -0.39 is 17.8 Å². The zero-order valence-electron chi connectivity index (χ0n) is 17.9. The highest BCUT2D eigenvalue weighted by atomic mass is 19.1. The lowest BCUT2D eigenvalue weighted by molar-refractivity contribution is -0.0805. The molecule has 0 aromatic heterocycles. The summed E-state index contributed by atoms with van der Waals surface area (Å²) in [4.78, 5) is 30.2. The maximum atomic E-state index is 12.9. The summed E-state index contributed by atoms with van der Waals surface area (Å²) in [5.41, 5.74) is -0.760. The van der Waals surface area contributed by atoms with Gasteiger partial charge in [-0.05, 0) is 45.4 Å². The van der Waals surface area contributed by atoms with Crippen molar-refractivity contribution in [2.75, 3.05) is 46.0 Å². The van der Waals surface area contributed by atoms with Gasteiger partial charge in [0.25, 0.3) is 0 Å². The number of rotatable bonds is 4. The Balaban J connectivity index is 1.31. The lowest BCUT2D eigenvalue weighted by atomic mass is 9.63. The number of hydrogen-bond acceptors (Lipinski definition) is 5. The maximum absolute atomic E-state index is 12.9. The summed E-state index contributed by atoms with van der Waals surface area (Å²) in [6.07, 6.45) is 4.30. The van der Waals surface area contributed by atoms with Crippen LogP contribution in [0.15, 0.2) is 0 Å². The second-order valence-electron chi connectivity index (χ2n) is 9.73. The Morgan fingerprint density at radius 2 is 1.90 bits per heavy atom. The molecule has 0 bridgehead atoms. The van der Waals surface area contributed by atoms with Crippen LogP contribution < -0.4 is 0 Å². The van der Waals surface area contributed by atoms with Crippen LogP contribution in [0, 0.1) is 5.41 Å². The molecule has 4 rings (SSSR count). The highest BCUT2D eigenvalue weighted by molar-refractivity contribution is 5.72. The van der Waals surface area contributed by atoms with Gasteiger partial charge in [0.2, 0.25) is 0 Å². The van der Waals surface area contributed by atoms with Gasteiger partial charge in [-0.15, -0.1) is 0 Å². The number of piperidine rings is 1. The molecule has 164 valence electrons. The topological polar surface area (TPSA) is 62.3 Å². The molecule has 0 unspecified atom stereocenters. The number of carbonyl (C=O) groups is 2. The van der Waals surface area contributed by atoms with E-state index in [1.54, 1.807) is 4.90 Å². The van der Waals surface area contributed by atoms with Crippen molar-refractivity contribution in [3.63, 3.8) is 0 Å². The molecule has 2 amide bonds. The number of hydrogen-bond donors (Lipinski definition) is 0. The number of halogens is 1. The fraction of sp³-hybridized carbons (Fsp3) is 0.905. The molecule has 3 heterocycles. The molecule has 3 aliphatic heterocycles. The third-order valence-electron chi connectivity index (χ3n) is 8.02. The molecule has 7 nitrogen and oxygen atoms in total. The summed E-state index contributed by atoms with van der Waals surface area (Å²) in [6.45, 7) is 9.20. The molecule has 2 spiro atoms. The van der Waals surface area contributed by atoms with Crippen LogP contribution in [0.4, 0.5) is 14.0 Å². The second-order valence-corrected chi connectivity index (χ2v) is 9.73. The van der Waals surface area contributed by atoms with Gasteiger partial charge >= 0.3 is 12.2 Å². The number of alkyl halides is 1. The molecule has 29 heavy (non-hydrogen) atoms. The van der Waals surface area contributed by atoms with E-state index in [0.717, 1.165) is 58.3 Å². The van der Waals surface area contributed by atoms with Gasteiger partial charge in [-0.3, -0.25) is 4.90 Å². The van der Waals surface area contributed by atoms with Crippen molar-refractivity contribution in [1.82, 2.24) is 14.7 Å². The predicted molar refractivity (Wildman–Crippen MR) is 105 cm³/mol. The molecule has 1 saturated carbocycles. The van der Waals surface area contributed by atoms with Gasteiger partial charge in [-0.25, -0.2) is 14.0 Å². The number of amides is 2. The minimum Gasteiger partial charge on any atom is -0.450 e. The van der Waals surface area contributed by atoms with Gasteiger partial charge in [0.05, 0.1) is 18.7 Å². The quantitative estimate of drug-likeness (QED) is 0.712. The van der Waals surface area contributed by atoms with Crippen molar-refractivity contribution in [2.45, 2.75) is 70.1 Å².